The zero-order valence-corrected chi connectivity index (χ0v) is 23.4. The van der Waals surface area contributed by atoms with Crippen LogP contribution in [0.2, 0.25) is 0 Å². The van der Waals surface area contributed by atoms with Gasteiger partial charge in [-0.25, -0.2) is 4.39 Å². The molecule has 0 saturated heterocycles. The molecule has 4 aliphatic carbocycles. The summed E-state index contributed by atoms with van der Waals surface area (Å²) in [4.78, 5) is 25.0. The van der Waals surface area contributed by atoms with E-state index in [0.717, 1.165) is 11.1 Å². The number of halogens is 1. The number of hydrogen-bond acceptors (Lipinski definition) is 6. The van der Waals surface area contributed by atoms with Crippen LogP contribution in [0.3, 0.4) is 0 Å². The van der Waals surface area contributed by atoms with E-state index in [0.29, 0.717) is 19.3 Å². The molecule has 5 nitrogen and oxygen atoms in total. The second kappa shape index (κ2) is 9.37. The van der Waals surface area contributed by atoms with Crippen LogP contribution in [0.1, 0.15) is 65.4 Å². The summed E-state index contributed by atoms with van der Waals surface area (Å²) in [5.74, 6) is -1.49. The molecule has 0 aromatic heterocycles. The lowest BCUT2D eigenvalue weighted by atomic mass is 9.45. The number of thiocarbonyl (C=S) groups is 1. The zero-order chi connectivity index (χ0) is 27.5. The Balaban J connectivity index is 1.56. The van der Waals surface area contributed by atoms with Gasteiger partial charge in [-0.1, -0.05) is 62.8 Å². The third kappa shape index (κ3) is 3.60. The fraction of sp³-hybridized carbons (Fsp3) is 0.581. The van der Waals surface area contributed by atoms with Gasteiger partial charge in [-0.2, -0.15) is 0 Å². The van der Waals surface area contributed by atoms with Gasteiger partial charge in [0, 0.05) is 29.1 Å². The van der Waals surface area contributed by atoms with Gasteiger partial charge in [0.2, 0.25) is 5.05 Å². The lowest BCUT2D eigenvalue weighted by Gasteiger charge is -2.62. The summed E-state index contributed by atoms with van der Waals surface area (Å²) in [5.41, 5.74) is -3.49. The molecule has 0 aliphatic heterocycles. The Labute approximate surface area is 229 Å². The van der Waals surface area contributed by atoms with Gasteiger partial charge in [0.25, 0.3) is 0 Å². The molecule has 38 heavy (non-hydrogen) atoms. The SMILES string of the molecule is CCC(=O)O[C@]1(C(=S)OCc2ccccc2)[C@@H](C)C[C@H]2[C@@H]3CCC4=CC(=O)C=C[C@]4(C)[C@@]3(F)[C@@H](O)C[C@@]21C. The normalized spacial score (nSPS) is 41.4. The monoisotopic (exact) mass is 540 g/mol. The van der Waals surface area contributed by atoms with Gasteiger partial charge >= 0.3 is 5.97 Å². The van der Waals surface area contributed by atoms with Crippen molar-refractivity contribution in [1.82, 2.24) is 0 Å². The van der Waals surface area contributed by atoms with Crippen molar-refractivity contribution in [1.29, 1.82) is 0 Å². The van der Waals surface area contributed by atoms with E-state index in [9.17, 15) is 14.7 Å². The number of hydrogen-bond donors (Lipinski definition) is 1. The number of fused-ring (bicyclic) bond motifs is 5. The van der Waals surface area contributed by atoms with Crippen molar-refractivity contribution in [3.8, 4) is 0 Å². The first-order valence-corrected chi connectivity index (χ1v) is 14.1. The predicted octanol–water partition coefficient (Wildman–Crippen LogP) is 5.84. The minimum Gasteiger partial charge on any atom is -0.479 e. The van der Waals surface area contributed by atoms with Crippen LogP contribution in [-0.2, 0) is 25.7 Å². The van der Waals surface area contributed by atoms with Crippen molar-refractivity contribution in [2.45, 2.75) is 83.8 Å². The fourth-order valence-electron chi connectivity index (χ4n) is 8.31. The van der Waals surface area contributed by atoms with Crippen LogP contribution >= 0.6 is 12.2 Å². The third-order valence-electron chi connectivity index (χ3n) is 10.3. The molecule has 0 unspecified atom stereocenters. The Morgan fingerprint density at radius 1 is 1.21 bits per heavy atom. The Hall–Kier alpha value is -2.38. The first kappa shape index (κ1) is 27.2. The van der Waals surface area contributed by atoms with E-state index in [1.54, 1.807) is 19.9 Å². The number of ketones is 1. The fourth-order valence-corrected chi connectivity index (χ4v) is 8.84. The van der Waals surface area contributed by atoms with E-state index in [1.165, 1.54) is 12.2 Å². The number of carbonyl (C=O) groups is 2. The van der Waals surface area contributed by atoms with Gasteiger partial charge in [0.15, 0.2) is 17.1 Å². The molecule has 1 aromatic carbocycles. The van der Waals surface area contributed by atoms with Crippen LogP contribution in [0.5, 0.6) is 0 Å². The summed E-state index contributed by atoms with van der Waals surface area (Å²) >= 11 is 5.92. The summed E-state index contributed by atoms with van der Waals surface area (Å²) in [5, 5.41) is 11.9. The largest absolute Gasteiger partial charge is 0.479 e. The number of ether oxygens (including phenoxy) is 2. The first-order chi connectivity index (χ1) is 17.9. The van der Waals surface area contributed by atoms with Gasteiger partial charge in [0.05, 0.1) is 6.10 Å². The van der Waals surface area contributed by atoms with Crippen LogP contribution in [-0.4, -0.2) is 39.3 Å². The van der Waals surface area contributed by atoms with Crippen molar-refractivity contribution < 1.29 is 28.6 Å². The first-order valence-electron chi connectivity index (χ1n) is 13.7. The molecule has 1 N–H and O–H groups in total. The molecular weight excluding hydrogens is 503 g/mol. The molecule has 3 saturated carbocycles. The topological polar surface area (TPSA) is 72.8 Å². The van der Waals surface area contributed by atoms with Gasteiger partial charge < -0.3 is 14.6 Å². The lowest BCUT2D eigenvalue weighted by molar-refractivity contribution is -0.218. The molecule has 5 rings (SSSR count). The standard InChI is InChI=1S/C31H37FO5S/c1-5-26(35)37-31(27(38)36-18-20-9-7-6-8-10-20)19(2)15-24-23-12-11-21-16-22(33)13-14-28(21,3)30(23,32)25(34)17-29(24,31)4/h6-10,13-14,16,19,23-25,34H,5,11-12,15,17-18H2,1-4H3/t19-,23-,24-,25-,28-,29-,30-,31-/m0/s1. The minimum absolute atomic E-state index is 0.0610. The number of benzene rings is 1. The van der Waals surface area contributed by atoms with Gasteiger partial charge in [0.1, 0.15) is 6.61 Å². The number of aliphatic hydroxyl groups is 1. The second-order valence-corrected chi connectivity index (χ2v) is 12.4. The number of aliphatic hydroxyl groups excluding tert-OH is 1. The molecule has 0 bridgehead atoms. The molecule has 8 atom stereocenters. The highest BCUT2D eigenvalue weighted by Gasteiger charge is 2.77. The van der Waals surface area contributed by atoms with Crippen molar-refractivity contribution in [2.75, 3.05) is 0 Å². The average molecular weight is 541 g/mol. The molecule has 0 amide bonds. The molecule has 0 radical (unpaired) electrons. The van der Waals surface area contributed by atoms with E-state index >= 15 is 4.39 Å². The average Bonchev–Trinajstić information content (AvgIpc) is 3.11. The molecule has 1 aromatic rings. The maximum Gasteiger partial charge on any atom is 0.306 e. The van der Waals surface area contributed by atoms with Gasteiger partial charge in [-0.3, -0.25) is 9.59 Å². The van der Waals surface area contributed by atoms with E-state index in [4.69, 9.17) is 21.7 Å². The summed E-state index contributed by atoms with van der Waals surface area (Å²) in [6.07, 6.45) is 5.16. The number of carbonyl (C=O) groups excluding carboxylic acids is 2. The third-order valence-corrected chi connectivity index (χ3v) is 10.7. The Morgan fingerprint density at radius 2 is 1.92 bits per heavy atom. The van der Waals surface area contributed by atoms with E-state index in [2.05, 4.69) is 0 Å². The van der Waals surface area contributed by atoms with Gasteiger partial charge in [-0.05, 0) is 68.5 Å². The van der Waals surface area contributed by atoms with Crippen molar-refractivity contribution in [2.24, 2.45) is 28.6 Å². The molecule has 4 aliphatic rings. The summed E-state index contributed by atoms with van der Waals surface area (Å²) in [6, 6.07) is 9.64. The van der Waals surface area contributed by atoms with Crippen LogP contribution < -0.4 is 0 Å². The maximum absolute atomic E-state index is 17.5. The number of allylic oxidation sites excluding steroid dienone is 4. The summed E-state index contributed by atoms with van der Waals surface area (Å²) in [7, 11) is 0. The summed E-state index contributed by atoms with van der Waals surface area (Å²) in [6.45, 7) is 7.74. The van der Waals surface area contributed by atoms with Gasteiger partial charge in [-0.15, -0.1) is 0 Å². The molecule has 0 heterocycles. The van der Waals surface area contributed by atoms with E-state index < -0.39 is 40.1 Å². The van der Waals surface area contributed by atoms with Crippen molar-refractivity contribution >= 4 is 29.0 Å². The predicted molar refractivity (Wildman–Crippen MR) is 146 cm³/mol. The van der Waals surface area contributed by atoms with Crippen molar-refractivity contribution in [3.05, 3.63) is 59.7 Å². The Bertz CT molecular complexity index is 1210. The smallest absolute Gasteiger partial charge is 0.306 e. The van der Waals surface area contributed by atoms with Crippen LogP contribution in [0.15, 0.2) is 54.1 Å². The number of alkyl halides is 1. The highest BCUT2D eigenvalue weighted by molar-refractivity contribution is 7.80. The van der Waals surface area contributed by atoms with Crippen molar-refractivity contribution in [3.63, 3.8) is 0 Å². The zero-order valence-electron chi connectivity index (χ0n) is 22.5. The minimum atomic E-state index is -1.96. The lowest BCUT2D eigenvalue weighted by Crippen LogP contribution is -2.69. The summed E-state index contributed by atoms with van der Waals surface area (Å²) < 4.78 is 30.0. The van der Waals surface area contributed by atoms with E-state index in [1.807, 2.05) is 44.2 Å². The van der Waals surface area contributed by atoms with Crippen LogP contribution in [0, 0.1) is 28.6 Å². The number of rotatable bonds is 5. The molecule has 7 heteroatoms. The molecule has 3 fully saturated rings. The Morgan fingerprint density at radius 3 is 2.61 bits per heavy atom. The molecular formula is C31H37FO5S. The van der Waals surface area contributed by atoms with Crippen LogP contribution in [0.4, 0.5) is 4.39 Å². The second-order valence-electron chi connectivity index (χ2n) is 12.0. The highest BCUT2D eigenvalue weighted by Crippen LogP contribution is 2.71. The highest BCUT2D eigenvalue weighted by atomic mass is 32.1. The van der Waals surface area contributed by atoms with E-state index in [-0.39, 0.29) is 42.1 Å². The number of esters is 1. The quantitative estimate of drug-likeness (QED) is 0.374. The maximum atomic E-state index is 17.5. The Kier molecular flexibility index (Phi) is 6.71. The molecule has 204 valence electrons. The van der Waals surface area contributed by atoms with Crippen LogP contribution in [0.25, 0.3) is 0 Å². The molecule has 0 spiro atoms.